The van der Waals surface area contributed by atoms with E-state index in [1.807, 2.05) is 12.1 Å². The van der Waals surface area contributed by atoms with Gasteiger partial charge in [0.1, 0.15) is 4.90 Å². The second-order valence-corrected chi connectivity index (χ2v) is 8.48. The summed E-state index contributed by atoms with van der Waals surface area (Å²) in [5, 5.41) is 3.45. The predicted molar refractivity (Wildman–Crippen MR) is 82.4 cm³/mol. The van der Waals surface area contributed by atoms with E-state index in [1.54, 1.807) is 26.2 Å². The van der Waals surface area contributed by atoms with Crippen molar-refractivity contribution in [2.75, 3.05) is 19.4 Å². The number of para-hydroxylation sites is 1. The maximum atomic E-state index is 12.4. The van der Waals surface area contributed by atoms with Gasteiger partial charge in [-0.3, -0.25) is 0 Å². The molecule has 0 aliphatic heterocycles. The average Bonchev–Trinajstić information content (AvgIpc) is 2.69. The van der Waals surface area contributed by atoms with Crippen LogP contribution in [-0.4, -0.2) is 32.9 Å². The van der Waals surface area contributed by atoms with E-state index in [9.17, 15) is 8.42 Å². The van der Waals surface area contributed by atoms with Crippen LogP contribution in [0.5, 0.6) is 0 Å². The van der Waals surface area contributed by atoms with E-state index in [0.717, 1.165) is 6.42 Å². The first-order valence-electron chi connectivity index (χ1n) is 7.03. The maximum Gasteiger partial charge on any atom is 0.244 e. The van der Waals surface area contributed by atoms with Gasteiger partial charge >= 0.3 is 0 Å². The lowest BCUT2D eigenvalue weighted by molar-refractivity contribution is 0.349. The zero-order chi connectivity index (χ0) is 15.0. The van der Waals surface area contributed by atoms with E-state index < -0.39 is 10.0 Å². The van der Waals surface area contributed by atoms with Crippen LogP contribution in [0, 0.1) is 5.41 Å². The van der Waals surface area contributed by atoms with Gasteiger partial charge < -0.3 is 5.32 Å². The van der Waals surface area contributed by atoms with Crippen LogP contribution >= 0.6 is 0 Å². The highest BCUT2D eigenvalue weighted by Crippen LogP contribution is 2.39. The van der Waals surface area contributed by atoms with Crippen molar-refractivity contribution in [3.63, 3.8) is 0 Å². The van der Waals surface area contributed by atoms with Gasteiger partial charge in [-0.25, -0.2) is 12.7 Å². The Kier molecular flexibility index (Phi) is 4.12. The van der Waals surface area contributed by atoms with E-state index >= 15 is 0 Å². The van der Waals surface area contributed by atoms with Crippen molar-refractivity contribution in [2.45, 2.75) is 44.0 Å². The van der Waals surface area contributed by atoms with Crippen LogP contribution in [0.2, 0.25) is 0 Å². The van der Waals surface area contributed by atoms with Crippen LogP contribution in [0.15, 0.2) is 29.2 Å². The third-order valence-corrected chi connectivity index (χ3v) is 6.11. The Morgan fingerprint density at radius 3 is 2.45 bits per heavy atom. The second kappa shape index (κ2) is 5.37. The van der Waals surface area contributed by atoms with Gasteiger partial charge in [0, 0.05) is 20.1 Å². The molecule has 0 aromatic heterocycles. The standard InChI is InChI=1S/C15H24N2O2S/c1-15(2)11-7-10-14(15)16-12-8-5-6-9-13(12)20(18,19)17(3)4/h5-6,8-9,14,16H,7,10-11H2,1-4H3. The second-order valence-electron chi connectivity index (χ2n) is 6.36. The van der Waals surface area contributed by atoms with E-state index in [-0.39, 0.29) is 5.41 Å². The summed E-state index contributed by atoms with van der Waals surface area (Å²) in [6.07, 6.45) is 3.45. The molecule has 20 heavy (non-hydrogen) atoms. The normalized spacial score (nSPS) is 22.1. The van der Waals surface area contributed by atoms with Crippen LogP contribution < -0.4 is 5.32 Å². The number of benzene rings is 1. The number of sulfonamides is 1. The van der Waals surface area contributed by atoms with E-state index in [4.69, 9.17) is 0 Å². The Hall–Kier alpha value is -1.07. The molecule has 1 N–H and O–H groups in total. The molecule has 1 aliphatic rings. The Labute approximate surface area is 122 Å². The molecule has 0 saturated heterocycles. The fourth-order valence-electron chi connectivity index (χ4n) is 2.79. The molecule has 1 fully saturated rings. The minimum absolute atomic E-state index is 0.203. The molecule has 1 saturated carbocycles. The SMILES string of the molecule is CN(C)S(=O)(=O)c1ccccc1NC1CCCC1(C)C. The van der Waals surface area contributed by atoms with Gasteiger partial charge in [-0.2, -0.15) is 0 Å². The van der Waals surface area contributed by atoms with Gasteiger partial charge in [-0.1, -0.05) is 32.4 Å². The molecule has 2 rings (SSSR count). The first kappa shape index (κ1) is 15.3. The summed E-state index contributed by atoms with van der Waals surface area (Å²) in [5.74, 6) is 0. The smallest absolute Gasteiger partial charge is 0.244 e. The number of hydrogen-bond donors (Lipinski definition) is 1. The molecule has 0 bridgehead atoms. The molecule has 5 heteroatoms. The van der Waals surface area contributed by atoms with Crippen molar-refractivity contribution in [2.24, 2.45) is 5.41 Å². The van der Waals surface area contributed by atoms with Crippen LogP contribution in [-0.2, 0) is 10.0 Å². The summed E-state index contributed by atoms with van der Waals surface area (Å²) in [6, 6.07) is 7.48. The Morgan fingerprint density at radius 2 is 1.90 bits per heavy atom. The maximum absolute atomic E-state index is 12.4. The molecule has 112 valence electrons. The number of anilines is 1. The van der Waals surface area contributed by atoms with Crippen molar-refractivity contribution in [1.82, 2.24) is 4.31 Å². The summed E-state index contributed by atoms with van der Waals surface area (Å²) in [4.78, 5) is 0.354. The Balaban J connectivity index is 2.35. The largest absolute Gasteiger partial charge is 0.381 e. The van der Waals surface area contributed by atoms with Crippen LogP contribution in [0.4, 0.5) is 5.69 Å². The third kappa shape index (κ3) is 2.83. The Morgan fingerprint density at radius 1 is 1.25 bits per heavy atom. The van der Waals surface area contributed by atoms with Gasteiger partial charge in [-0.15, -0.1) is 0 Å². The van der Waals surface area contributed by atoms with E-state index in [2.05, 4.69) is 19.2 Å². The molecule has 1 aromatic rings. The van der Waals surface area contributed by atoms with Crippen molar-refractivity contribution in [3.8, 4) is 0 Å². The number of rotatable bonds is 4. The summed E-state index contributed by atoms with van der Waals surface area (Å²) >= 11 is 0. The molecular formula is C15H24N2O2S. The highest BCUT2D eigenvalue weighted by molar-refractivity contribution is 7.89. The lowest BCUT2D eigenvalue weighted by Crippen LogP contribution is -2.32. The van der Waals surface area contributed by atoms with Gasteiger partial charge in [0.2, 0.25) is 10.0 Å². The molecule has 0 amide bonds. The van der Waals surface area contributed by atoms with Crippen molar-refractivity contribution < 1.29 is 8.42 Å². The summed E-state index contributed by atoms with van der Waals surface area (Å²) < 4.78 is 26.0. The monoisotopic (exact) mass is 296 g/mol. The summed E-state index contributed by atoms with van der Waals surface area (Å²) in [5.41, 5.74) is 0.913. The highest BCUT2D eigenvalue weighted by Gasteiger charge is 2.35. The van der Waals surface area contributed by atoms with Crippen LogP contribution in [0.25, 0.3) is 0 Å². The minimum atomic E-state index is -3.42. The quantitative estimate of drug-likeness (QED) is 0.929. The van der Waals surface area contributed by atoms with E-state index in [1.165, 1.54) is 17.1 Å². The molecule has 1 atom stereocenters. The molecule has 0 heterocycles. The summed E-state index contributed by atoms with van der Waals surface area (Å²) in [6.45, 7) is 4.47. The van der Waals surface area contributed by atoms with Gasteiger partial charge in [0.15, 0.2) is 0 Å². The van der Waals surface area contributed by atoms with Crippen LogP contribution in [0.3, 0.4) is 0 Å². The lowest BCUT2D eigenvalue weighted by atomic mass is 9.87. The predicted octanol–water partition coefficient (Wildman–Crippen LogP) is 2.93. The molecule has 4 nitrogen and oxygen atoms in total. The molecule has 1 unspecified atom stereocenters. The first-order valence-corrected chi connectivity index (χ1v) is 8.47. The van der Waals surface area contributed by atoms with E-state index in [0.29, 0.717) is 16.6 Å². The summed E-state index contributed by atoms with van der Waals surface area (Å²) in [7, 11) is -0.293. The zero-order valence-corrected chi connectivity index (χ0v) is 13.5. The van der Waals surface area contributed by atoms with Gasteiger partial charge in [0.25, 0.3) is 0 Å². The average molecular weight is 296 g/mol. The van der Waals surface area contributed by atoms with Crippen molar-refractivity contribution in [3.05, 3.63) is 24.3 Å². The topological polar surface area (TPSA) is 49.4 Å². The van der Waals surface area contributed by atoms with Gasteiger partial charge in [-0.05, 0) is 30.4 Å². The highest BCUT2D eigenvalue weighted by atomic mass is 32.2. The number of nitrogens with one attached hydrogen (secondary N) is 1. The minimum Gasteiger partial charge on any atom is -0.381 e. The fraction of sp³-hybridized carbons (Fsp3) is 0.600. The van der Waals surface area contributed by atoms with Gasteiger partial charge in [0.05, 0.1) is 5.69 Å². The molecule has 1 aliphatic carbocycles. The molecule has 0 spiro atoms. The number of nitrogens with zero attached hydrogens (tertiary/aromatic N) is 1. The third-order valence-electron chi connectivity index (χ3n) is 4.23. The molecule has 0 radical (unpaired) electrons. The van der Waals surface area contributed by atoms with Crippen molar-refractivity contribution in [1.29, 1.82) is 0 Å². The zero-order valence-electron chi connectivity index (χ0n) is 12.7. The number of hydrogen-bond acceptors (Lipinski definition) is 3. The fourth-order valence-corrected chi connectivity index (χ4v) is 3.84. The molecule has 1 aromatic carbocycles. The molecular weight excluding hydrogens is 272 g/mol. The first-order chi connectivity index (χ1) is 9.25. The Bertz CT molecular complexity index is 579. The van der Waals surface area contributed by atoms with Crippen molar-refractivity contribution >= 4 is 15.7 Å². The van der Waals surface area contributed by atoms with Crippen LogP contribution in [0.1, 0.15) is 33.1 Å². The lowest BCUT2D eigenvalue weighted by Gasteiger charge is -2.29.